The van der Waals surface area contributed by atoms with Gasteiger partial charge in [-0.3, -0.25) is 4.79 Å². The van der Waals surface area contributed by atoms with E-state index in [2.05, 4.69) is 40.1 Å². The molecule has 0 radical (unpaired) electrons. The maximum atomic E-state index is 11.7. The van der Waals surface area contributed by atoms with Crippen LogP contribution in [0.4, 0.5) is 5.69 Å². The molecule has 1 aromatic carbocycles. The number of alkyl halides is 1. The van der Waals surface area contributed by atoms with E-state index >= 15 is 0 Å². The summed E-state index contributed by atoms with van der Waals surface area (Å²) in [5, 5.41) is 1.94. The summed E-state index contributed by atoms with van der Waals surface area (Å²) in [5.41, 5.74) is 4.24. The third-order valence-corrected chi connectivity index (χ3v) is 5.66. The number of benzene rings is 1. The molecule has 1 unspecified atom stereocenters. The highest BCUT2D eigenvalue weighted by Gasteiger charge is 2.25. The first-order chi connectivity index (χ1) is 9.06. The van der Waals surface area contributed by atoms with Crippen LogP contribution >= 0.6 is 45.5 Å². The Morgan fingerprint density at radius 3 is 2.84 bits per heavy atom. The molecule has 0 bridgehead atoms. The van der Waals surface area contributed by atoms with Crippen LogP contribution in [0.2, 0.25) is 0 Å². The Hall–Kier alpha value is -0.590. The van der Waals surface area contributed by atoms with Crippen LogP contribution in [0.25, 0.3) is 0 Å². The molecule has 2 nitrogen and oxygen atoms in total. The zero-order chi connectivity index (χ0) is 13.6. The average molecular weight is 404 g/mol. The molecule has 3 rings (SSSR count). The highest BCUT2D eigenvalue weighted by molar-refractivity contribution is 14.1. The second kappa shape index (κ2) is 5.07. The monoisotopic (exact) mass is 403 g/mol. The van der Waals surface area contributed by atoms with Gasteiger partial charge < -0.3 is 4.90 Å². The molecule has 1 atom stereocenters. The lowest BCUT2D eigenvalue weighted by Crippen LogP contribution is -2.20. The van der Waals surface area contributed by atoms with Crippen molar-refractivity contribution in [3.05, 3.63) is 49.2 Å². The summed E-state index contributed by atoms with van der Waals surface area (Å²) < 4.78 is 1.23. The van der Waals surface area contributed by atoms with Gasteiger partial charge in [0.2, 0.25) is 5.91 Å². The van der Waals surface area contributed by atoms with Crippen LogP contribution < -0.4 is 4.90 Å². The lowest BCUT2D eigenvalue weighted by molar-refractivity contribution is -0.117. The molecule has 0 aliphatic carbocycles. The summed E-state index contributed by atoms with van der Waals surface area (Å²) in [6.07, 6.45) is 0.477. The molecule has 0 saturated heterocycles. The first kappa shape index (κ1) is 13.4. The number of rotatable bonds is 2. The van der Waals surface area contributed by atoms with E-state index < -0.39 is 0 Å². The van der Waals surface area contributed by atoms with Crippen molar-refractivity contribution in [1.29, 1.82) is 0 Å². The van der Waals surface area contributed by atoms with Crippen molar-refractivity contribution in [2.24, 2.45) is 0 Å². The Kier molecular flexibility index (Phi) is 3.57. The van der Waals surface area contributed by atoms with E-state index in [-0.39, 0.29) is 11.3 Å². The van der Waals surface area contributed by atoms with Gasteiger partial charge in [-0.2, -0.15) is 0 Å². The second-order valence-electron chi connectivity index (χ2n) is 4.56. The van der Waals surface area contributed by atoms with Gasteiger partial charge in [0.1, 0.15) is 0 Å². The van der Waals surface area contributed by atoms with Crippen LogP contribution in [0, 0.1) is 2.88 Å². The van der Waals surface area contributed by atoms with Crippen molar-refractivity contribution < 1.29 is 4.79 Å². The Labute approximate surface area is 134 Å². The zero-order valence-corrected chi connectivity index (χ0v) is 13.9. The standard InChI is InChI=1S/C14H11ClINOS/c1-17-11-3-2-8(4-9(11)6-13(17)18)14(15)10-5-12(16)19-7-10/h2-5,7,14H,6H2,1H3. The molecule has 0 N–H and O–H groups in total. The fourth-order valence-corrected chi connectivity index (χ4v) is 4.03. The number of nitrogens with zero attached hydrogens (tertiary/aromatic N) is 1. The molecule has 0 fully saturated rings. The first-order valence-corrected chi connectivity index (χ1v) is 8.23. The lowest BCUT2D eigenvalue weighted by atomic mass is 10.0. The number of hydrogen-bond acceptors (Lipinski definition) is 2. The van der Waals surface area contributed by atoms with E-state index in [1.54, 1.807) is 16.2 Å². The van der Waals surface area contributed by atoms with E-state index in [9.17, 15) is 4.79 Å². The van der Waals surface area contributed by atoms with Gasteiger partial charge in [0.05, 0.1) is 14.7 Å². The van der Waals surface area contributed by atoms with E-state index in [1.165, 1.54) is 2.88 Å². The van der Waals surface area contributed by atoms with Crippen LogP contribution in [0.3, 0.4) is 0 Å². The second-order valence-corrected chi connectivity index (χ2v) is 7.81. The molecule has 2 aromatic rings. The van der Waals surface area contributed by atoms with Crippen molar-refractivity contribution in [1.82, 2.24) is 0 Å². The van der Waals surface area contributed by atoms with Gasteiger partial charge in [-0.25, -0.2) is 0 Å². The van der Waals surface area contributed by atoms with Gasteiger partial charge in [-0.1, -0.05) is 12.1 Å². The van der Waals surface area contributed by atoms with Gasteiger partial charge in [0.25, 0.3) is 0 Å². The summed E-state index contributed by atoms with van der Waals surface area (Å²) in [7, 11) is 1.81. The Balaban J connectivity index is 1.95. The molecule has 98 valence electrons. The minimum Gasteiger partial charge on any atom is -0.315 e. The lowest BCUT2D eigenvalue weighted by Gasteiger charge is -2.12. The number of halogens is 2. The highest BCUT2D eigenvalue weighted by atomic mass is 127. The van der Waals surface area contributed by atoms with Crippen LogP contribution in [-0.2, 0) is 11.2 Å². The molecule has 1 aliphatic heterocycles. The molecule has 2 heterocycles. The van der Waals surface area contributed by atoms with E-state index in [4.69, 9.17) is 11.6 Å². The molecule has 1 aromatic heterocycles. The summed E-state index contributed by atoms with van der Waals surface area (Å²) >= 11 is 10.5. The Bertz CT molecular complexity index is 655. The van der Waals surface area contributed by atoms with Crippen LogP contribution in [0.1, 0.15) is 22.1 Å². The number of carbonyl (C=O) groups is 1. The summed E-state index contributed by atoms with van der Waals surface area (Å²) in [4.78, 5) is 13.4. The first-order valence-electron chi connectivity index (χ1n) is 5.83. The third-order valence-electron chi connectivity index (χ3n) is 3.35. The smallest absolute Gasteiger partial charge is 0.231 e. The highest BCUT2D eigenvalue weighted by Crippen LogP contribution is 2.36. The average Bonchev–Trinajstić information content (AvgIpc) is 2.94. The molecule has 5 heteroatoms. The van der Waals surface area contributed by atoms with E-state index in [0.29, 0.717) is 6.42 Å². The van der Waals surface area contributed by atoms with E-state index in [0.717, 1.165) is 22.4 Å². The van der Waals surface area contributed by atoms with Crippen LogP contribution in [0.5, 0.6) is 0 Å². The van der Waals surface area contributed by atoms with Gasteiger partial charge in [0, 0.05) is 12.7 Å². The minimum atomic E-state index is -0.147. The van der Waals surface area contributed by atoms with Crippen LogP contribution in [-0.4, -0.2) is 13.0 Å². The number of thiophene rings is 1. The number of amides is 1. The maximum absolute atomic E-state index is 11.7. The van der Waals surface area contributed by atoms with Crippen molar-refractivity contribution in [2.75, 3.05) is 11.9 Å². The fraction of sp³-hybridized carbons (Fsp3) is 0.214. The Morgan fingerprint density at radius 1 is 1.37 bits per heavy atom. The quantitative estimate of drug-likeness (QED) is 0.544. The molecule has 1 amide bonds. The van der Waals surface area contributed by atoms with Crippen molar-refractivity contribution in [2.45, 2.75) is 11.8 Å². The minimum absolute atomic E-state index is 0.142. The van der Waals surface area contributed by atoms with Crippen molar-refractivity contribution in [3.63, 3.8) is 0 Å². The summed E-state index contributed by atoms with van der Waals surface area (Å²) in [5.74, 6) is 0.142. The molecule has 1 aliphatic rings. The zero-order valence-electron chi connectivity index (χ0n) is 10.2. The van der Waals surface area contributed by atoms with Crippen molar-refractivity contribution in [3.8, 4) is 0 Å². The number of likely N-dealkylation sites (N-methyl/N-ethyl adjacent to an activating group) is 1. The van der Waals surface area contributed by atoms with Gasteiger partial charge in [-0.15, -0.1) is 22.9 Å². The predicted octanol–water partition coefficient (Wildman–Crippen LogP) is 4.20. The maximum Gasteiger partial charge on any atom is 0.231 e. The predicted molar refractivity (Wildman–Crippen MR) is 88.3 cm³/mol. The molecular formula is C14H11ClINOS. The fourth-order valence-electron chi connectivity index (χ4n) is 2.30. The SMILES string of the molecule is CN1C(=O)Cc2cc(C(Cl)c3csc(I)c3)ccc21. The van der Waals surface area contributed by atoms with Gasteiger partial charge in [-0.05, 0) is 56.8 Å². The normalized spacial score (nSPS) is 15.7. The molecular weight excluding hydrogens is 393 g/mol. The van der Waals surface area contributed by atoms with Gasteiger partial charge in [0.15, 0.2) is 0 Å². The summed E-state index contributed by atoms with van der Waals surface area (Å²) in [6.45, 7) is 0. The third kappa shape index (κ3) is 2.41. The number of carbonyl (C=O) groups excluding carboxylic acids is 1. The van der Waals surface area contributed by atoms with Crippen LogP contribution in [0.15, 0.2) is 29.6 Å². The van der Waals surface area contributed by atoms with Gasteiger partial charge >= 0.3 is 0 Å². The molecule has 19 heavy (non-hydrogen) atoms. The largest absolute Gasteiger partial charge is 0.315 e. The number of hydrogen-bond donors (Lipinski definition) is 0. The number of anilines is 1. The summed E-state index contributed by atoms with van der Waals surface area (Å²) in [6, 6.07) is 8.16. The molecule has 0 saturated carbocycles. The Morgan fingerprint density at radius 2 is 2.16 bits per heavy atom. The van der Waals surface area contributed by atoms with E-state index in [1.807, 2.05) is 19.2 Å². The van der Waals surface area contributed by atoms with Crippen molar-refractivity contribution >= 4 is 57.1 Å². The molecule has 0 spiro atoms. The topological polar surface area (TPSA) is 20.3 Å². The number of fused-ring (bicyclic) bond motifs is 1.